The number of allylic oxidation sites excluding steroid dienone is 3. The van der Waals surface area contributed by atoms with Crippen LogP contribution in [0.4, 0.5) is 0 Å². The zero-order valence-electron chi connectivity index (χ0n) is 20.5. The predicted octanol–water partition coefficient (Wildman–Crippen LogP) is 8.22. The van der Waals surface area contributed by atoms with Gasteiger partial charge in [-0.05, 0) is 48.1 Å². The SMILES string of the molecule is [2H]/C(=C(/C(CCCC)=C(\[2H])CCCC)c1ccccc1)[Si](C)(C)C#Cc1ccccc1. The van der Waals surface area contributed by atoms with Gasteiger partial charge in [0.1, 0.15) is 0 Å². The molecule has 0 nitrogen and oxygen atoms in total. The highest BCUT2D eigenvalue weighted by Crippen LogP contribution is 2.30. The maximum Gasteiger partial charge on any atom is 0.156 e. The first-order valence-corrected chi connectivity index (χ1v) is 13.9. The molecule has 0 radical (unpaired) electrons. The molecule has 0 aliphatic carbocycles. The van der Waals surface area contributed by atoms with E-state index in [1.54, 1.807) is 0 Å². The number of hydrogen-bond donors (Lipinski definition) is 0. The zero-order valence-corrected chi connectivity index (χ0v) is 19.5. The van der Waals surface area contributed by atoms with E-state index in [9.17, 15) is 1.37 Å². The molecular weight excluding hydrogens is 364 g/mol. The summed E-state index contributed by atoms with van der Waals surface area (Å²) in [6, 6.07) is 20.9. The molecule has 1 heteroatoms. The van der Waals surface area contributed by atoms with Crippen molar-refractivity contribution in [3.05, 3.63) is 89.1 Å². The predicted molar refractivity (Wildman–Crippen MR) is 132 cm³/mol. The van der Waals surface area contributed by atoms with Crippen LogP contribution < -0.4 is 0 Å². The smallest absolute Gasteiger partial charge is 0.121 e. The van der Waals surface area contributed by atoms with Crippen molar-refractivity contribution in [3.8, 4) is 11.5 Å². The lowest BCUT2D eigenvalue weighted by Crippen LogP contribution is -2.21. The van der Waals surface area contributed by atoms with Gasteiger partial charge in [-0.15, -0.1) is 5.54 Å². The Morgan fingerprint density at radius 3 is 2.17 bits per heavy atom. The third kappa shape index (κ3) is 8.30. The minimum Gasteiger partial charge on any atom is -0.121 e. The molecule has 0 unspecified atom stereocenters. The molecule has 2 aromatic carbocycles. The molecule has 0 amide bonds. The van der Waals surface area contributed by atoms with E-state index < -0.39 is 8.07 Å². The largest absolute Gasteiger partial charge is 0.156 e. The maximum absolute atomic E-state index is 9.29. The Morgan fingerprint density at radius 1 is 0.931 bits per heavy atom. The van der Waals surface area contributed by atoms with Crippen LogP contribution in [0.15, 0.2) is 78.0 Å². The highest BCUT2D eigenvalue weighted by molar-refractivity contribution is 6.90. The summed E-state index contributed by atoms with van der Waals surface area (Å²) in [5.41, 5.74) is 8.15. The van der Waals surface area contributed by atoms with E-state index in [0.717, 1.165) is 60.8 Å². The minimum absolute atomic E-state index is 0.634. The Morgan fingerprint density at radius 2 is 1.55 bits per heavy atom. The monoisotopic (exact) mass is 402 g/mol. The van der Waals surface area contributed by atoms with Crippen molar-refractivity contribution in [2.45, 2.75) is 65.5 Å². The average Bonchev–Trinajstić information content (AvgIpc) is 2.79. The number of rotatable bonds is 9. The van der Waals surface area contributed by atoms with Crippen LogP contribution in [0.1, 0.15) is 66.2 Å². The van der Waals surface area contributed by atoms with Crippen molar-refractivity contribution in [1.29, 1.82) is 0 Å². The Hall–Kier alpha value is -2.30. The van der Waals surface area contributed by atoms with Crippen molar-refractivity contribution in [3.63, 3.8) is 0 Å². The molecule has 0 saturated carbocycles. The van der Waals surface area contributed by atoms with Gasteiger partial charge in [0, 0.05) is 5.56 Å². The molecule has 0 bridgehead atoms. The van der Waals surface area contributed by atoms with E-state index in [0.29, 0.717) is 11.7 Å². The molecule has 2 aromatic rings. The van der Waals surface area contributed by atoms with Crippen molar-refractivity contribution >= 4 is 13.6 Å². The van der Waals surface area contributed by atoms with Crippen LogP contribution in [0.5, 0.6) is 0 Å². The van der Waals surface area contributed by atoms with Crippen molar-refractivity contribution in [1.82, 2.24) is 0 Å². The minimum atomic E-state index is -2.35. The molecule has 0 aliphatic rings. The maximum atomic E-state index is 9.29. The van der Waals surface area contributed by atoms with Crippen LogP contribution in [-0.2, 0) is 0 Å². The molecule has 2 rings (SSSR count). The fourth-order valence-electron chi connectivity index (χ4n) is 3.09. The molecule has 0 atom stereocenters. The summed E-state index contributed by atoms with van der Waals surface area (Å²) >= 11 is 0. The Kier molecular flexibility index (Phi) is 8.48. The second kappa shape index (κ2) is 12.3. The van der Waals surface area contributed by atoms with Crippen LogP contribution >= 0.6 is 0 Å². The Bertz CT molecular complexity index is 945. The van der Waals surface area contributed by atoms with Gasteiger partial charge in [0.15, 0.2) is 8.07 Å². The highest BCUT2D eigenvalue weighted by atomic mass is 28.3. The van der Waals surface area contributed by atoms with Crippen LogP contribution in [0.25, 0.3) is 5.57 Å². The molecule has 0 aromatic heterocycles. The van der Waals surface area contributed by atoms with Crippen LogP contribution in [0.3, 0.4) is 0 Å². The number of hydrogen-bond acceptors (Lipinski definition) is 0. The normalized spacial score (nSPS) is 14.1. The first kappa shape index (κ1) is 20.0. The molecule has 0 aliphatic heterocycles. The summed E-state index contributed by atoms with van der Waals surface area (Å²) in [5.74, 6) is 3.31. The van der Waals surface area contributed by atoms with Crippen molar-refractivity contribution in [2.24, 2.45) is 0 Å². The zero-order chi connectivity index (χ0) is 22.7. The van der Waals surface area contributed by atoms with Gasteiger partial charge in [0.25, 0.3) is 0 Å². The van der Waals surface area contributed by atoms with Crippen LogP contribution in [-0.4, -0.2) is 8.07 Å². The molecular formula is C28H36Si. The van der Waals surface area contributed by atoms with Gasteiger partial charge >= 0.3 is 0 Å². The molecule has 0 spiro atoms. The van der Waals surface area contributed by atoms with Crippen LogP contribution in [0, 0.1) is 11.5 Å². The van der Waals surface area contributed by atoms with E-state index in [2.05, 4.69) is 50.5 Å². The van der Waals surface area contributed by atoms with Gasteiger partial charge in [0.2, 0.25) is 0 Å². The molecule has 0 heterocycles. The fraction of sp³-hybridized carbons (Fsp3) is 0.357. The van der Waals surface area contributed by atoms with E-state index in [1.165, 1.54) is 0 Å². The average molecular weight is 403 g/mol. The molecule has 0 N–H and O–H groups in total. The van der Waals surface area contributed by atoms with Crippen molar-refractivity contribution < 1.29 is 2.74 Å². The summed E-state index contributed by atoms with van der Waals surface area (Å²) in [7, 11) is -2.35. The summed E-state index contributed by atoms with van der Waals surface area (Å²) in [5, 5.41) is 0. The van der Waals surface area contributed by atoms with Gasteiger partial charge < -0.3 is 0 Å². The second-order valence-electron chi connectivity index (χ2n) is 7.97. The summed E-state index contributed by atoms with van der Waals surface area (Å²) < 4.78 is 18.2. The standard InChI is InChI=1S/C28H36Si/c1-5-7-11-19-26(18-8-6-2)28(27-20-14-10-15-21-27)24-29(3,4)23-22-25-16-12-9-13-17-25/h9-10,12-17,19-21,24H,5-8,11,18H2,1-4H3/b26-19+,28-24+/i19D,24D. The first-order chi connectivity index (χ1) is 14.9. The van der Waals surface area contributed by atoms with Gasteiger partial charge in [-0.3, -0.25) is 0 Å². The van der Waals surface area contributed by atoms with E-state index in [4.69, 9.17) is 1.37 Å². The van der Waals surface area contributed by atoms with E-state index in [-0.39, 0.29) is 0 Å². The molecule has 0 fully saturated rings. The first-order valence-electron chi connectivity index (χ1n) is 11.9. The lowest BCUT2D eigenvalue weighted by Gasteiger charge is -2.18. The highest BCUT2D eigenvalue weighted by Gasteiger charge is 2.18. The molecule has 29 heavy (non-hydrogen) atoms. The second-order valence-corrected chi connectivity index (χ2v) is 11.7. The number of unbranched alkanes of at least 4 members (excludes halogenated alkanes) is 2. The fourth-order valence-corrected chi connectivity index (χ4v) is 4.53. The summed E-state index contributed by atoms with van der Waals surface area (Å²) in [4.78, 5) is 0. The van der Waals surface area contributed by atoms with Gasteiger partial charge in [0.05, 0.1) is 2.74 Å². The Balaban J connectivity index is 2.65. The quantitative estimate of drug-likeness (QED) is 0.225. The van der Waals surface area contributed by atoms with Crippen LogP contribution in [0.2, 0.25) is 13.1 Å². The Labute approximate surface area is 182 Å². The topological polar surface area (TPSA) is 0 Å². The lowest BCUT2D eigenvalue weighted by atomic mass is 9.94. The van der Waals surface area contributed by atoms with E-state index in [1.807, 2.05) is 48.5 Å². The van der Waals surface area contributed by atoms with Gasteiger partial charge in [-0.2, -0.15) is 0 Å². The van der Waals surface area contributed by atoms with E-state index >= 15 is 0 Å². The molecule has 152 valence electrons. The third-order valence-electron chi connectivity index (χ3n) is 4.74. The lowest BCUT2D eigenvalue weighted by molar-refractivity contribution is 0.780. The third-order valence-corrected chi connectivity index (χ3v) is 6.37. The van der Waals surface area contributed by atoms with Gasteiger partial charge in [-0.1, -0.05) is 112 Å². The number of benzene rings is 2. The summed E-state index contributed by atoms with van der Waals surface area (Å²) in [6.45, 7) is 8.66. The molecule has 0 saturated heterocycles. The summed E-state index contributed by atoms with van der Waals surface area (Å²) in [6.07, 6.45) is 5.82. The van der Waals surface area contributed by atoms with Gasteiger partial charge in [-0.25, -0.2) is 0 Å². The van der Waals surface area contributed by atoms with Crippen molar-refractivity contribution in [2.75, 3.05) is 0 Å².